The molecule has 0 aliphatic carbocycles. The predicted octanol–water partition coefficient (Wildman–Crippen LogP) is -0.998. The number of para-hydroxylation sites is 1. The van der Waals surface area contributed by atoms with Crippen LogP contribution in [0.5, 0.6) is 5.75 Å². The first kappa shape index (κ1) is 11.1. The van der Waals surface area contributed by atoms with Crippen molar-refractivity contribution in [2.45, 2.75) is 13.2 Å². The van der Waals surface area contributed by atoms with Gasteiger partial charge in [0.05, 0.1) is 5.97 Å². The van der Waals surface area contributed by atoms with Crippen LogP contribution >= 0.6 is 0 Å². The van der Waals surface area contributed by atoms with E-state index in [2.05, 4.69) is 15.4 Å². The quantitative estimate of drug-likeness (QED) is 0.657. The van der Waals surface area contributed by atoms with Gasteiger partial charge in [-0.3, -0.25) is 0 Å². The van der Waals surface area contributed by atoms with Gasteiger partial charge in [0.1, 0.15) is 12.3 Å². The molecule has 0 saturated heterocycles. The van der Waals surface area contributed by atoms with Crippen molar-refractivity contribution in [3.8, 4) is 5.75 Å². The summed E-state index contributed by atoms with van der Waals surface area (Å²) in [6, 6.07) is 9.16. The van der Waals surface area contributed by atoms with Crippen LogP contribution in [-0.2, 0) is 17.9 Å². The Morgan fingerprint density at radius 1 is 1.35 bits per heavy atom. The maximum Gasteiger partial charge on any atom is 0.212 e. The first-order valence-electron chi connectivity index (χ1n) is 4.88. The van der Waals surface area contributed by atoms with Crippen LogP contribution in [0.2, 0.25) is 0 Å². The van der Waals surface area contributed by atoms with Gasteiger partial charge in [0.15, 0.2) is 6.61 Å². The molecule has 0 radical (unpaired) electrons. The topological polar surface area (TPSA) is 93.0 Å². The van der Waals surface area contributed by atoms with Crippen molar-refractivity contribution >= 4 is 5.97 Å². The molecule has 0 aliphatic heterocycles. The molecule has 0 atom stereocenters. The van der Waals surface area contributed by atoms with Crippen molar-refractivity contribution in [3.63, 3.8) is 0 Å². The monoisotopic (exact) mass is 233 g/mol. The number of carboxylic acid groups (broad SMARTS) is 1. The second-order valence-electron chi connectivity index (χ2n) is 3.21. The number of carboxylic acids is 1. The first-order chi connectivity index (χ1) is 8.24. The van der Waals surface area contributed by atoms with Crippen LogP contribution in [0.25, 0.3) is 0 Å². The van der Waals surface area contributed by atoms with Crippen LogP contribution in [0.3, 0.4) is 0 Å². The highest BCUT2D eigenvalue weighted by Gasteiger charge is 2.03. The molecule has 1 heterocycles. The van der Waals surface area contributed by atoms with Gasteiger partial charge in [-0.15, -0.1) is 10.2 Å². The van der Waals surface area contributed by atoms with Crippen LogP contribution in [0, 0.1) is 0 Å². The molecule has 7 nitrogen and oxygen atoms in total. The Morgan fingerprint density at radius 3 is 2.82 bits per heavy atom. The van der Waals surface area contributed by atoms with Crippen molar-refractivity contribution in [2.24, 2.45) is 0 Å². The number of ether oxygens (including phenoxy) is 1. The summed E-state index contributed by atoms with van der Waals surface area (Å²) in [7, 11) is 0. The minimum atomic E-state index is -1.27. The average Bonchev–Trinajstić information content (AvgIpc) is 2.75. The molecule has 0 saturated carbocycles. The van der Waals surface area contributed by atoms with Crippen LogP contribution in [0.1, 0.15) is 5.82 Å². The van der Waals surface area contributed by atoms with Crippen molar-refractivity contribution < 1.29 is 14.6 Å². The molecule has 0 spiro atoms. The maximum absolute atomic E-state index is 10.3. The summed E-state index contributed by atoms with van der Waals surface area (Å²) in [6.07, 6.45) is 0. The SMILES string of the molecule is O=C([O-])Cn1nnc(COc2ccccc2)n1. The van der Waals surface area contributed by atoms with Gasteiger partial charge in [-0.1, -0.05) is 18.2 Å². The normalized spacial score (nSPS) is 10.1. The first-order valence-corrected chi connectivity index (χ1v) is 4.88. The fraction of sp³-hybridized carbons (Fsp3) is 0.200. The van der Waals surface area contributed by atoms with Gasteiger partial charge >= 0.3 is 0 Å². The Hall–Kier alpha value is -2.44. The van der Waals surface area contributed by atoms with Crippen LogP contribution in [0.15, 0.2) is 30.3 Å². The number of tetrazole rings is 1. The van der Waals surface area contributed by atoms with E-state index in [0.717, 1.165) is 4.80 Å². The lowest BCUT2D eigenvalue weighted by Gasteiger charge is -2.01. The molecule has 1 aromatic carbocycles. The summed E-state index contributed by atoms with van der Waals surface area (Å²) in [5, 5.41) is 21.3. The largest absolute Gasteiger partial charge is 0.548 e. The molecule has 88 valence electrons. The van der Waals surface area contributed by atoms with E-state index in [4.69, 9.17) is 4.74 Å². The molecular weight excluding hydrogens is 224 g/mol. The third kappa shape index (κ3) is 3.26. The minimum Gasteiger partial charge on any atom is -0.548 e. The number of nitrogens with zero attached hydrogens (tertiary/aromatic N) is 4. The second kappa shape index (κ2) is 5.06. The number of hydrogen-bond acceptors (Lipinski definition) is 6. The number of aliphatic carboxylic acids is 1. The summed E-state index contributed by atoms with van der Waals surface area (Å²) < 4.78 is 5.37. The predicted molar refractivity (Wildman–Crippen MR) is 53.6 cm³/mol. The van der Waals surface area contributed by atoms with Gasteiger partial charge in [0.2, 0.25) is 5.82 Å². The molecule has 0 bridgehead atoms. The Balaban J connectivity index is 1.91. The smallest absolute Gasteiger partial charge is 0.212 e. The maximum atomic E-state index is 10.3. The number of aromatic nitrogens is 4. The molecule has 2 rings (SSSR count). The van der Waals surface area contributed by atoms with Crippen LogP contribution in [-0.4, -0.2) is 26.2 Å². The lowest BCUT2D eigenvalue weighted by atomic mass is 10.3. The van der Waals surface area contributed by atoms with E-state index >= 15 is 0 Å². The molecular formula is C10H9N4O3-. The third-order valence-corrected chi connectivity index (χ3v) is 1.88. The summed E-state index contributed by atoms with van der Waals surface area (Å²) in [4.78, 5) is 11.2. The van der Waals surface area contributed by atoms with E-state index < -0.39 is 12.5 Å². The molecule has 0 aliphatic rings. The minimum absolute atomic E-state index is 0.136. The van der Waals surface area contributed by atoms with Gasteiger partial charge < -0.3 is 14.6 Å². The highest BCUT2D eigenvalue weighted by molar-refractivity contribution is 5.63. The van der Waals surface area contributed by atoms with E-state index in [1.807, 2.05) is 18.2 Å². The fourth-order valence-electron chi connectivity index (χ4n) is 1.18. The summed E-state index contributed by atoms with van der Waals surface area (Å²) >= 11 is 0. The Kier molecular flexibility index (Phi) is 3.29. The summed E-state index contributed by atoms with van der Waals surface area (Å²) in [5.41, 5.74) is 0. The van der Waals surface area contributed by atoms with Gasteiger partial charge in [-0.05, 0) is 17.3 Å². The number of rotatable bonds is 5. The number of carbonyl (C=O) groups excluding carboxylic acids is 1. The van der Waals surface area contributed by atoms with Gasteiger partial charge in [0, 0.05) is 0 Å². The van der Waals surface area contributed by atoms with Crippen LogP contribution in [0.4, 0.5) is 0 Å². The van der Waals surface area contributed by atoms with Crippen molar-refractivity contribution in [3.05, 3.63) is 36.2 Å². The molecule has 0 unspecified atom stereocenters. The summed E-state index contributed by atoms with van der Waals surface area (Å²) in [6.45, 7) is -0.282. The second-order valence-corrected chi connectivity index (χ2v) is 3.21. The van der Waals surface area contributed by atoms with E-state index in [1.54, 1.807) is 12.1 Å². The van der Waals surface area contributed by atoms with Gasteiger partial charge in [0.25, 0.3) is 0 Å². The van der Waals surface area contributed by atoms with Crippen LogP contribution < -0.4 is 9.84 Å². The Morgan fingerprint density at radius 2 is 2.12 bits per heavy atom. The van der Waals surface area contributed by atoms with E-state index in [1.165, 1.54) is 0 Å². The van der Waals surface area contributed by atoms with Gasteiger partial charge in [-0.25, -0.2) is 0 Å². The van der Waals surface area contributed by atoms with Gasteiger partial charge in [-0.2, -0.15) is 4.80 Å². The van der Waals surface area contributed by atoms with E-state index in [0.29, 0.717) is 11.6 Å². The zero-order valence-electron chi connectivity index (χ0n) is 8.81. The molecule has 17 heavy (non-hydrogen) atoms. The van der Waals surface area contributed by atoms with E-state index in [9.17, 15) is 9.90 Å². The molecule has 0 fully saturated rings. The molecule has 2 aromatic rings. The van der Waals surface area contributed by atoms with Crippen molar-refractivity contribution in [1.82, 2.24) is 20.2 Å². The number of benzene rings is 1. The molecule has 0 amide bonds. The zero-order valence-corrected chi connectivity index (χ0v) is 8.81. The highest BCUT2D eigenvalue weighted by atomic mass is 16.5. The average molecular weight is 233 g/mol. The fourth-order valence-corrected chi connectivity index (χ4v) is 1.18. The van der Waals surface area contributed by atoms with Crippen molar-refractivity contribution in [1.29, 1.82) is 0 Å². The molecule has 7 heteroatoms. The molecule has 1 aromatic heterocycles. The Bertz CT molecular complexity index is 497. The standard InChI is InChI=1S/C10H10N4O3/c15-10(16)6-14-12-9(11-13-14)7-17-8-4-2-1-3-5-8/h1-5H,6-7H2,(H,15,16)/p-1. The zero-order chi connectivity index (χ0) is 12.1. The molecule has 0 N–H and O–H groups in total. The number of carbonyl (C=O) groups is 1. The summed E-state index contributed by atoms with van der Waals surface area (Å²) in [5.74, 6) is -0.267. The third-order valence-electron chi connectivity index (χ3n) is 1.88. The number of hydrogen-bond donors (Lipinski definition) is 0. The lowest BCUT2D eigenvalue weighted by molar-refractivity contribution is -0.307. The van der Waals surface area contributed by atoms with Crippen molar-refractivity contribution in [2.75, 3.05) is 0 Å². The highest BCUT2D eigenvalue weighted by Crippen LogP contribution is 2.09. The lowest BCUT2D eigenvalue weighted by Crippen LogP contribution is -2.28. The Labute approximate surface area is 96.6 Å². The van der Waals surface area contributed by atoms with E-state index in [-0.39, 0.29) is 6.61 Å².